The lowest BCUT2D eigenvalue weighted by atomic mass is 10.1. The smallest absolute Gasteiger partial charge is 0.204 e. The van der Waals surface area contributed by atoms with Crippen LogP contribution in [0.5, 0.6) is 34.5 Å². The maximum atomic E-state index is 6.16. The zero-order chi connectivity index (χ0) is 27.5. The molecule has 0 saturated carbocycles. The van der Waals surface area contributed by atoms with Crippen LogP contribution in [0.2, 0.25) is 0 Å². The van der Waals surface area contributed by atoms with Crippen LogP contribution in [-0.2, 0) is 14.1 Å². The normalized spacial score (nSPS) is 11.4. The van der Waals surface area contributed by atoms with Crippen LogP contribution >= 0.6 is 22.7 Å². The van der Waals surface area contributed by atoms with Gasteiger partial charge in [-0.1, -0.05) is 0 Å². The van der Waals surface area contributed by atoms with E-state index < -0.39 is 0 Å². The van der Waals surface area contributed by atoms with Crippen LogP contribution in [0.15, 0.2) is 12.1 Å². The zero-order valence-corrected chi connectivity index (χ0v) is 24.9. The van der Waals surface area contributed by atoms with E-state index in [0.29, 0.717) is 17.2 Å². The van der Waals surface area contributed by atoms with Gasteiger partial charge < -0.3 is 37.6 Å². The SMILES string of the molecule is COc1cc2c(sc3c(OC)c4c(sc5c(OC)c(C)c(C)cc5n4C)c(OC)c3n2C)c(OC)c1OC. The van der Waals surface area contributed by atoms with E-state index in [0.717, 1.165) is 69.2 Å². The second kappa shape index (κ2) is 9.67. The number of hydrogen-bond donors (Lipinski definition) is 0. The first-order chi connectivity index (χ1) is 18.3. The van der Waals surface area contributed by atoms with Gasteiger partial charge in [0.05, 0.1) is 72.5 Å². The van der Waals surface area contributed by atoms with Crippen LogP contribution in [0, 0.1) is 13.8 Å². The standard InChI is InChI=1S/C28H32N2O6S2/c1-13-11-15-25(20(32-6)14(13)2)37-27-18(29(15)3)22(34-8)28-19(23(27)35-9)30(4)16-12-17(31-5)21(33-7)24(36-10)26(16)38-28/h11-12H,1-10H3. The monoisotopic (exact) mass is 556 g/mol. The molecule has 0 radical (unpaired) electrons. The lowest BCUT2D eigenvalue weighted by molar-refractivity contribution is 0.327. The summed E-state index contributed by atoms with van der Waals surface area (Å²) in [7, 11) is 14.1. The number of ether oxygens (including phenoxy) is 6. The highest BCUT2D eigenvalue weighted by atomic mass is 32.1. The molecule has 2 aromatic heterocycles. The van der Waals surface area contributed by atoms with E-state index in [2.05, 4.69) is 36.1 Å². The van der Waals surface area contributed by atoms with Gasteiger partial charge in [0.15, 0.2) is 23.0 Å². The van der Waals surface area contributed by atoms with Crippen molar-refractivity contribution < 1.29 is 28.4 Å². The molecule has 2 heterocycles. The number of hydrogen-bond acceptors (Lipinski definition) is 8. The van der Waals surface area contributed by atoms with Crippen LogP contribution in [0.3, 0.4) is 0 Å². The van der Waals surface area contributed by atoms with E-state index in [1.165, 1.54) is 0 Å². The van der Waals surface area contributed by atoms with Gasteiger partial charge in [-0.2, -0.15) is 0 Å². The van der Waals surface area contributed by atoms with Crippen LogP contribution in [0.4, 0.5) is 0 Å². The van der Waals surface area contributed by atoms with Crippen LogP contribution < -0.4 is 28.4 Å². The van der Waals surface area contributed by atoms with Gasteiger partial charge in [-0.05, 0) is 31.0 Å². The molecule has 0 aliphatic rings. The van der Waals surface area contributed by atoms with Crippen molar-refractivity contribution in [2.45, 2.75) is 13.8 Å². The molecule has 0 aliphatic carbocycles. The highest BCUT2D eigenvalue weighted by Gasteiger charge is 2.26. The van der Waals surface area contributed by atoms with Crippen molar-refractivity contribution in [1.29, 1.82) is 0 Å². The van der Waals surface area contributed by atoms with Crippen LogP contribution in [0.1, 0.15) is 11.1 Å². The van der Waals surface area contributed by atoms with Crippen molar-refractivity contribution in [1.82, 2.24) is 9.13 Å². The van der Waals surface area contributed by atoms with Crippen LogP contribution in [0.25, 0.3) is 40.9 Å². The molecule has 5 rings (SSSR count). The second-order valence-electron chi connectivity index (χ2n) is 8.94. The Labute approximate surface area is 229 Å². The minimum Gasteiger partial charge on any atom is -0.495 e. The molecule has 0 saturated heterocycles. The summed E-state index contributed by atoms with van der Waals surface area (Å²) in [6, 6.07) is 4.16. The number of aryl methyl sites for hydroxylation is 3. The molecule has 202 valence electrons. The molecule has 8 nitrogen and oxygen atoms in total. The topological polar surface area (TPSA) is 65.2 Å². The van der Waals surface area contributed by atoms with Gasteiger partial charge in [-0.25, -0.2) is 0 Å². The molecule has 0 aliphatic heterocycles. The maximum Gasteiger partial charge on any atom is 0.204 e. The van der Waals surface area contributed by atoms with E-state index in [1.54, 1.807) is 65.3 Å². The molecule has 10 heteroatoms. The highest BCUT2D eigenvalue weighted by molar-refractivity contribution is 7.27. The summed E-state index contributed by atoms with van der Waals surface area (Å²) in [6.07, 6.45) is 0. The quantitative estimate of drug-likeness (QED) is 0.212. The Bertz CT molecular complexity index is 1790. The number of nitrogens with zero attached hydrogens (tertiary/aromatic N) is 2. The molecule has 0 bridgehead atoms. The second-order valence-corrected chi connectivity index (χ2v) is 11.0. The molecule has 0 fully saturated rings. The molecule has 0 atom stereocenters. The predicted octanol–water partition coefficient (Wildman–Crippen LogP) is 6.89. The van der Waals surface area contributed by atoms with Crippen molar-refractivity contribution in [3.05, 3.63) is 23.3 Å². The first-order valence-electron chi connectivity index (χ1n) is 11.9. The minimum absolute atomic E-state index is 0.543. The van der Waals surface area contributed by atoms with Gasteiger partial charge in [-0.3, -0.25) is 0 Å². The van der Waals surface area contributed by atoms with E-state index >= 15 is 0 Å². The van der Waals surface area contributed by atoms with Gasteiger partial charge >= 0.3 is 0 Å². The third-order valence-electron chi connectivity index (χ3n) is 7.18. The van der Waals surface area contributed by atoms with Crippen LogP contribution in [-0.4, -0.2) is 51.8 Å². The first-order valence-corrected chi connectivity index (χ1v) is 13.6. The summed E-state index contributed by atoms with van der Waals surface area (Å²) < 4.78 is 43.5. The van der Waals surface area contributed by atoms with Crippen molar-refractivity contribution in [2.75, 3.05) is 42.7 Å². The number of benzene rings is 3. The van der Waals surface area contributed by atoms with Gasteiger partial charge in [0.1, 0.15) is 16.8 Å². The molecule has 3 aromatic carbocycles. The van der Waals surface area contributed by atoms with E-state index in [9.17, 15) is 0 Å². The summed E-state index contributed by atoms with van der Waals surface area (Å²) in [4.78, 5) is 0. The van der Waals surface area contributed by atoms with E-state index in [4.69, 9.17) is 28.4 Å². The number of rotatable bonds is 6. The Morgan fingerprint density at radius 3 is 1.42 bits per heavy atom. The molecule has 0 spiro atoms. The molecule has 5 aromatic rings. The summed E-state index contributed by atoms with van der Waals surface area (Å²) >= 11 is 3.21. The molecule has 0 amide bonds. The number of methoxy groups -OCH3 is 6. The summed E-state index contributed by atoms with van der Waals surface area (Å²) in [5.41, 5.74) is 6.09. The molecular formula is C28H32N2O6S2. The largest absolute Gasteiger partial charge is 0.495 e. The van der Waals surface area contributed by atoms with Gasteiger partial charge in [0, 0.05) is 20.2 Å². The Hall–Kier alpha value is -3.50. The Balaban J connectivity index is 2.11. The summed E-state index contributed by atoms with van der Waals surface area (Å²) in [5.74, 6) is 4.12. The third kappa shape index (κ3) is 3.46. The number of fused-ring (bicyclic) bond motifs is 4. The first kappa shape index (κ1) is 26.1. The highest BCUT2D eigenvalue weighted by Crippen LogP contribution is 2.53. The minimum atomic E-state index is 0.543. The molecular weight excluding hydrogens is 524 g/mol. The molecule has 0 unspecified atom stereocenters. The Morgan fingerprint density at radius 2 is 0.974 bits per heavy atom. The predicted molar refractivity (Wildman–Crippen MR) is 157 cm³/mol. The molecule has 38 heavy (non-hydrogen) atoms. The van der Waals surface area contributed by atoms with Gasteiger partial charge in [-0.15, -0.1) is 22.7 Å². The van der Waals surface area contributed by atoms with Crippen molar-refractivity contribution in [3.63, 3.8) is 0 Å². The van der Waals surface area contributed by atoms with Gasteiger partial charge in [0.25, 0.3) is 0 Å². The fraction of sp³-hybridized carbons (Fsp3) is 0.357. The fourth-order valence-corrected chi connectivity index (χ4v) is 7.97. The average molecular weight is 557 g/mol. The lowest BCUT2D eigenvalue weighted by Gasteiger charge is -2.23. The van der Waals surface area contributed by atoms with Crippen molar-refractivity contribution in [2.24, 2.45) is 14.1 Å². The summed E-state index contributed by atoms with van der Waals surface area (Å²) in [5, 5.41) is 0. The Morgan fingerprint density at radius 1 is 0.526 bits per heavy atom. The Kier molecular flexibility index (Phi) is 6.65. The van der Waals surface area contributed by atoms with E-state index in [1.807, 2.05) is 13.1 Å². The molecule has 0 N–H and O–H groups in total. The fourth-order valence-electron chi connectivity index (χ4n) is 5.16. The third-order valence-corrected chi connectivity index (χ3v) is 9.54. The van der Waals surface area contributed by atoms with E-state index in [-0.39, 0.29) is 0 Å². The van der Waals surface area contributed by atoms with Crippen molar-refractivity contribution in [3.8, 4) is 34.5 Å². The average Bonchev–Trinajstić information content (AvgIpc) is 2.92. The summed E-state index contributed by atoms with van der Waals surface area (Å²) in [6.45, 7) is 4.19. The van der Waals surface area contributed by atoms with Crippen molar-refractivity contribution >= 4 is 63.5 Å². The maximum absolute atomic E-state index is 6.16. The lowest BCUT2D eigenvalue weighted by Crippen LogP contribution is -2.05. The van der Waals surface area contributed by atoms with Gasteiger partial charge in [0.2, 0.25) is 5.75 Å². The number of aromatic nitrogens is 2. The zero-order valence-electron chi connectivity index (χ0n) is 23.3.